The van der Waals surface area contributed by atoms with E-state index >= 15 is 0 Å². The number of nitrogens with one attached hydrogen (secondary N) is 1. The number of nitrogens with zero attached hydrogens (tertiary/aromatic N) is 2. The third-order valence-electron chi connectivity index (χ3n) is 2.99. The Morgan fingerprint density at radius 1 is 1.12 bits per heavy atom. The van der Waals surface area contributed by atoms with Crippen LogP contribution in [0.2, 0.25) is 0 Å². The maximum atomic E-state index is 12.2. The number of ether oxygens (including phenoxy) is 2. The molecular formula is C16H17N3O5. The number of aromatic carboxylic acids is 1. The number of anilines is 1. The minimum Gasteiger partial charge on any atom is -0.491 e. The molecule has 0 fully saturated rings. The minimum atomic E-state index is -1.20. The van der Waals surface area contributed by atoms with Gasteiger partial charge in [-0.1, -0.05) is 12.1 Å². The summed E-state index contributed by atoms with van der Waals surface area (Å²) < 4.78 is 10.6. The Hall–Kier alpha value is -3.00. The molecule has 0 saturated heterocycles. The molecule has 0 spiro atoms. The van der Waals surface area contributed by atoms with Crippen LogP contribution in [0.4, 0.5) is 5.69 Å². The molecule has 0 unspecified atom stereocenters. The molecule has 2 rings (SSSR count). The molecule has 126 valence electrons. The van der Waals surface area contributed by atoms with E-state index in [-0.39, 0.29) is 11.4 Å². The number of carboxylic acid groups (broad SMARTS) is 1. The molecule has 0 atom stereocenters. The number of para-hydroxylation sites is 2. The Morgan fingerprint density at radius 2 is 1.83 bits per heavy atom. The van der Waals surface area contributed by atoms with E-state index in [1.165, 1.54) is 0 Å². The van der Waals surface area contributed by atoms with Crippen molar-refractivity contribution in [1.82, 2.24) is 9.97 Å². The normalized spacial score (nSPS) is 10.2. The summed E-state index contributed by atoms with van der Waals surface area (Å²) in [7, 11) is 1.62. The van der Waals surface area contributed by atoms with Crippen LogP contribution in [-0.4, -0.2) is 47.3 Å². The maximum Gasteiger partial charge on any atom is 0.356 e. The van der Waals surface area contributed by atoms with Crippen LogP contribution in [0.25, 0.3) is 0 Å². The molecule has 0 aliphatic rings. The van der Waals surface area contributed by atoms with Crippen LogP contribution in [-0.2, 0) is 4.74 Å². The van der Waals surface area contributed by atoms with E-state index in [0.717, 1.165) is 18.8 Å². The van der Waals surface area contributed by atoms with Crippen molar-refractivity contribution in [3.8, 4) is 5.75 Å². The molecule has 1 aromatic carbocycles. The highest BCUT2D eigenvalue weighted by Crippen LogP contribution is 2.24. The zero-order valence-corrected chi connectivity index (χ0v) is 13.1. The molecule has 0 radical (unpaired) electrons. The average molecular weight is 331 g/mol. The molecule has 2 N–H and O–H groups in total. The molecule has 0 bridgehead atoms. The van der Waals surface area contributed by atoms with Crippen molar-refractivity contribution in [2.75, 3.05) is 25.6 Å². The Balaban J connectivity index is 2.04. The number of benzene rings is 1. The molecule has 0 aliphatic heterocycles. The summed E-state index contributed by atoms with van der Waals surface area (Å²) in [6, 6.07) is 6.99. The molecule has 0 saturated carbocycles. The number of carbonyl (C=O) groups is 2. The largest absolute Gasteiger partial charge is 0.491 e. The number of carboxylic acids is 1. The summed E-state index contributed by atoms with van der Waals surface area (Å²) >= 11 is 0. The van der Waals surface area contributed by atoms with Gasteiger partial charge in [-0.3, -0.25) is 4.79 Å². The predicted octanol–water partition coefficient (Wildman–Crippen LogP) is 1.84. The van der Waals surface area contributed by atoms with Crippen LogP contribution in [0, 0.1) is 0 Å². The quantitative estimate of drug-likeness (QED) is 0.710. The second-order valence-electron chi connectivity index (χ2n) is 4.74. The number of hydrogen-bond acceptors (Lipinski definition) is 6. The zero-order chi connectivity index (χ0) is 17.4. The molecular weight excluding hydrogens is 314 g/mol. The van der Waals surface area contributed by atoms with Gasteiger partial charge in [-0.2, -0.15) is 0 Å². The molecule has 1 aromatic heterocycles. The number of hydrogen-bond donors (Lipinski definition) is 2. The summed E-state index contributed by atoms with van der Waals surface area (Å²) in [6.07, 6.45) is 2.87. The molecule has 1 amide bonds. The van der Waals surface area contributed by atoms with Crippen molar-refractivity contribution < 1.29 is 24.2 Å². The number of aromatic nitrogens is 2. The highest BCUT2D eigenvalue weighted by Gasteiger charge is 2.13. The van der Waals surface area contributed by atoms with Crippen LogP contribution in [0.3, 0.4) is 0 Å². The topological polar surface area (TPSA) is 111 Å². The van der Waals surface area contributed by atoms with E-state index in [9.17, 15) is 9.59 Å². The van der Waals surface area contributed by atoms with Gasteiger partial charge in [0.1, 0.15) is 11.4 Å². The van der Waals surface area contributed by atoms with Crippen LogP contribution in [0.1, 0.15) is 27.4 Å². The maximum absolute atomic E-state index is 12.2. The predicted molar refractivity (Wildman–Crippen MR) is 85.4 cm³/mol. The molecule has 8 nitrogen and oxygen atoms in total. The van der Waals surface area contributed by atoms with E-state index < -0.39 is 11.9 Å². The fraction of sp³-hybridized carbons (Fsp3) is 0.250. The third kappa shape index (κ3) is 4.75. The first-order valence-electron chi connectivity index (χ1n) is 7.19. The van der Waals surface area contributed by atoms with Crippen molar-refractivity contribution in [2.45, 2.75) is 6.42 Å². The number of rotatable bonds is 8. The standard InChI is InChI=1S/C16H17N3O5/c1-23-7-4-8-24-14-6-3-2-5-11(14)19-15(20)12-9-18-13(10-17-12)16(21)22/h2-3,5-6,9-10H,4,7-8H2,1H3,(H,19,20)(H,21,22). The van der Waals surface area contributed by atoms with E-state index in [0.29, 0.717) is 24.7 Å². The SMILES string of the molecule is COCCCOc1ccccc1NC(=O)c1cnc(C(=O)O)cn1. The average Bonchev–Trinajstić information content (AvgIpc) is 2.60. The van der Waals surface area contributed by atoms with Gasteiger partial charge >= 0.3 is 5.97 Å². The number of carbonyl (C=O) groups excluding carboxylic acids is 1. The van der Waals surface area contributed by atoms with Crippen molar-refractivity contribution in [1.29, 1.82) is 0 Å². The Kier molecular flexibility index (Phi) is 6.21. The lowest BCUT2D eigenvalue weighted by atomic mass is 10.2. The number of amides is 1. The third-order valence-corrected chi connectivity index (χ3v) is 2.99. The Bertz CT molecular complexity index is 703. The van der Waals surface area contributed by atoms with Gasteiger partial charge in [0.25, 0.3) is 5.91 Å². The lowest BCUT2D eigenvalue weighted by Gasteiger charge is -2.12. The van der Waals surface area contributed by atoms with Gasteiger partial charge in [-0.05, 0) is 12.1 Å². The van der Waals surface area contributed by atoms with Gasteiger partial charge in [-0.15, -0.1) is 0 Å². The highest BCUT2D eigenvalue weighted by molar-refractivity contribution is 6.03. The van der Waals surface area contributed by atoms with Gasteiger partial charge in [0.05, 0.1) is 24.7 Å². The second-order valence-corrected chi connectivity index (χ2v) is 4.74. The van der Waals surface area contributed by atoms with Crippen LogP contribution in [0.15, 0.2) is 36.7 Å². The van der Waals surface area contributed by atoms with Crippen molar-refractivity contribution in [3.63, 3.8) is 0 Å². The summed E-state index contributed by atoms with van der Waals surface area (Å²) in [5.74, 6) is -1.19. The van der Waals surface area contributed by atoms with Crippen LogP contribution in [0.5, 0.6) is 5.75 Å². The van der Waals surface area contributed by atoms with Gasteiger partial charge in [0.15, 0.2) is 5.69 Å². The van der Waals surface area contributed by atoms with Crippen LogP contribution >= 0.6 is 0 Å². The van der Waals surface area contributed by atoms with Crippen molar-refractivity contribution >= 4 is 17.6 Å². The first-order valence-corrected chi connectivity index (χ1v) is 7.19. The van der Waals surface area contributed by atoms with E-state index in [1.807, 2.05) is 0 Å². The summed E-state index contributed by atoms with van der Waals surface area (Å²) in [4.78, 5) is 30.4. The molecule has 2 aromatic rings. The van der Waals surface area contributed by atoms with Crippen molar-refractivity contribution in [2.24, 2.45) is 0 Å². The van der Waals surface area contributed by atoms with E-state index in [4.69, 9.17) is 14.6 Å². The lowest BCUT2D eigenvalue weighted by molar-refractivity contribution is 0.0689. The molecule has 1 heterocycles. The number of methoxy groups -OCH3 is 1. The first-order chi connectivity index (χ1) is 11.6. The van der Waals surface area contributed by atoms with E-state index in [1.54, 1.807) is 31.4 Å². The van der Waals surface area contributed by atoms with Crippen LogP contribution < -0.4 is 10.1 Å². The smallest absolute Gasteiger partial charge is 0.356 e. The van der Waals surface area contributed by atoms with E-state index in [2.05, 4.69) is 15.3 Å². The summed E-state index contributed by atoms with van der Waals surface area (Å²) in [5, 5.41) is 11.4. The molecule has 24 heavy (non-hydrogen) atoms. The Morgan fingerprint density at radius 3 is 2.50 bits per heavy atom. The summed E-state index contributed by atoms with van der Waals surface area (Å²) in [5.41, 5.74) is 0.270. The fourth-order valence-corrected chi connectivity index (χ4v) is 1.82. The van der Waals surface area contributed by atoms with Gasteiger partial charge in [0, 0.05) is 20.1 Å². The van der Waals surface area contributed by atoms with Gasteiger partial charge in [-0.25, -0.2) is 14.8 Å². The monoisotopic (exact) mass is 331 g/mol. The first kappa shape index (κ1) is 17.4. The lowest BCUT2D eigenvalue weighted by Crippen LogP contribution is -2.16. The summed E-state index contributed by atoms with van der Waals surface area (Å²) in [6.45, 7) is 1.04. The highest BCUT2D eigenvalue weighted by atomic mass is 16.5. The molecule has 0 aliphatic carbocycles. The Labute approximate surface area is 138 Å². The minimum absolute atomic E-state index is 0.00851. The second kappa shape index (κ2) is 8.59. The van der Waals surface area contributed by atoms with Gasteiger partial charge in [0.2, 0.25) is 0 Å². The molecule has 8 heteroatoms. The van der Waals surface area contributed by atoms with Gasteiger partial charge < -0.3 is 19.9 Å². The zero-order valence-electron chi connectivity index (χ0n) is 13.1. The fourth-order valence-electron chi connectivity index (χ4n) is 1.82. The van der Waals surface area contributed by atoms with Crippen molar-refractivity contribution in [3.05, 3.63) is 48.0 Å².